The van der Waals surface area contributed by atoms with Crippen molar-refractivity contribution >= 4 is 0 Å². The Kier molecular flexibility index (Phi) is 8.14. The third-order valence-corrected chi connectivity index (χ3v) is 2.44. The van der Waals surface area contributed by atoms with Crippen molar-refractivity contribution in [1.29, 1.82) is 0 Å². The molecule has 0 radical (unpaired) electrons. The van der Waals surface area contributed by atoms with Crippen LogP contribution in [-0.2, 0) is 9.47 Å². The van der Waals surface area contributed by atoms with E-state index in [2.05, 4.69) is 25.7 Å². The number of nitrogens with zero attached hydrogens (tertiary/aromatic N) is 1. The van der Waals surface area contributed by atoms with Crippen molar-refractivity contribution in [2.45, 2.75) is 47.0 Å². The molecule has 0 aromatic heterocycles. The standard InChI is InChI=1S/C11H25NO2/c1-6-12(7-2)10(5)11(13-8-3)14-9-4/h10-11H,6-9H2,1-5H3. The normalized spacial score (nSPS) is 13.9. The molecule has 0 aromatic rings. The quantitative estimate of drug-likeness (QED) is 0.564. The van der Waals surface area contributed by atoms with E-state index in [0.717, 1.165) is 13.1 Å². The van der Waals surface area contributed by atoms with Crippen molar-refractivity contribution < 1.29 is 9.47 Å². The van der Waals surface area contributed by atoms with Gasteiger partial charge < -0.3 is 9.47 Å². The van der Waals surface area contributed by atoms with E-state index in [1.165, 1.54) is 0 Å². The fourth-order valence-corrected chi connectivity index (χ4v) is 1.63. The van der Waals surface area contributed by atoms with Gasteiger partial charge in [-0.1, -0.05) is 13.8 Å². The average molecular weight is 203 g/mol. The van der Waals surface area contributed by atoms with Gasteiger partial charge in [0.2, 0.25) is 0 Å². The molecule has 0 saturated carbocycles. The molecule has 0 heterocycles. The first kappa shape index (κ1) is 13.9. The fraction of sp³-hybridized carbons (Fsp3) is 1.00. The Morgan fingerprint density at radius 3 is 1.64 bits per heavy atom. The second-order valence-corrected chi connectivity index (χ2v) is 3.24. The van der Waals surface area contributed by atoms with Crippen LogP contribution in [0.3, 0.4) is 0 Å². The summed E-state index contributed by atoms with van der Waals surface area (Å²) >= 11 is 0. The predicted octanol–water partition coefficient (Wildman–Crippen LogP) is 2.12. The maximum absolute atomic E-state index is 5.56. The molecule has 0 spiro atoms. The zero-order valence-electron chi connectivity index (χ0n) is 10.2. The first-order valence-electron chi connectivity index (χ1n) is 5.68. The van der Waals surface area contributed by atoms with Crippen LogP contribution < -0.4 is 0 Å². The van der Waals surface area contributed by atoms with E-state index >= 15 is 0 Å². The van der Waals surface area contributed by atoms with Gasteiger partial charge in [-0.2, -0.15) is 0 Å². The van der Waals surface area contributed by atoms with Gasteiger partial charge in [0, 0.05) is 13.2 Å². The maximum atomic E-state index is 5.56. The molecule has 0 aliphatic heterocycles. The zero-order chi connectivity index (χ0) is 11.0. The van der Waals surface area contributed by atoms with Crippen LogP contribution in [0.5, 0.6) is 0 Å². The maximum Gasteiger partial charge on any atom is 0.172 e. The highest BCUT2D eigenvalue weighted by atomic mass is 16.7. The molecule has 0 saturated heterocycles. The van der Waals surface area contributed by atoms with Gasteiger partial charge in [-0.3, -0.25) is 4.90 Å². The van der Waals surface area contributed by atoms with Crippen LogP contribution in [-0.4, -0.2) is 43.5 Å². The van der Waals surface area contributed by atoms with Gasteiger partial charge in [0.1, 0.15) is 0 Å². The van der Waals surface area contributed by atoms with Crippen LogP contribution >= 0.6 is 0 Å². The molecule has 0 amide bonds. The molecule has 86 valence electrons. The number of rotatable bonds is 8. The van der Waals surface area contributed by atoms with E-state index in [9.17, 15) is 0 Å². The lowest BCUT2D eigenvalue weighted by Crippen LogP contribution is -2.44. The van der Waals surface area contributed by atoms with Crippen molar-refractivity contribution in [1.82, 2.24) is 4.90 Å². The molecular weight excluding hydrogens is 178 g/mol. The smallest absolute Gasteiger partial charge is 0.172 e. The van der Waals surface area contributed by atoms with Gasteiger partial charge in [0.15, 0.2) is 6.29 Å². The number of hydrogen-bond donors (Lipinski definition) is 0. The second-order valence-electron chi connectivity index (χ2n) is 3.24. The molecule has 3 heteroatoms. The van der Waals surface area contributed by atoms with Crippen molar-refractivity contribution in [3.05, 3.63) is 0 Å². The third kappa shape index (κ3) is 4.40. The summed E-state index contributed by atoms with van der Waals surface area (Å²) in [7, 11) is 0. The topological polar surface area (TPSA) is 21.7 Å². The monoisotopic (exact) mass is 203 g/mol. The van der Waals surface area contributed by atoms with Gasteiger partial charge in [-0.15, -0.1) is 0 Å². The summed E-state index contributed by atoms with van der Waals surface area (Å²) in [6.45, 7) is 14.0. The van der Waals surface area contributed by atoms with E-state index in [1.54, 1.807) is 0 Å². The lowest BCUT2D eigenvalue weighted by atomic mass is 10.2. The zero-order valence-corrected chi connectivity index (χ0v) is 10.2. The summed E-state index contributed by atoms with van der Waals surface area (Å²) < 4.78 is 11.1. The molecule has 3 nitrogen and oxygen atoms in total. The van der Waals surface area contributed by atoms with E-state index < -0.39 is 0 Å². The van der Waals surface area contributed by atoms with Crippen LogP contribution in [0.1, 0.15) is 34.6 Å². The molecule has 0 fully saturated rings. The number of hydrogen-bond acceptors (Lipinski definition) is 3. The van der Waals surface area contributed by atoms with Gasteiger partial charge in [0.25, 0.3) is 0 Å². The van der Waals surface area contributed by atoms with Crippen molar-refractivity contribution in [2.24, 2.45) is 0 Å². The number of likely N-dealkylation sites (N-methyl/N-ethyl adjacent to an activating group) is 1. The highest BCUT2D eigenvalue weighted by molar-refractivity contribution is 4.68. The van der Waals surface area contributed by atoms with Crippen LogP contribution in [0.25, 0.3) is 0 Å². The van der Waals surface area contributed by atoms with E-state index in [1.807, 2.05) is 13.8 Å². The Morgan fingerprint density at radius 1 is 0.929 bits per heavy atom. The Balaban J connectivity index is 4.16. The molecule has 0 aromatic carbocycles. The number of ether oxygens (including phenoxy) is 2. The molecule has 1 unspecified atom stereocenters. The SMILES string of the molecule is CCOC(OCC)C(C)N(CC)CC. The Hall–Kier alpha value is -0.120. The minimum atomic E-state index is -0.0927. The van der Waals surface area contributed by atoms with E-state index in [4.69, 9.17) is 9.47 Å². The van der Waals surface area contributed by atoms with Crippen molar-refractivity contribution in [2.75, 3.05) is 26.3 Å². The lowest BCUT2D eigenvalue weighted by molar-refractivity contribution is -0.169. The lowest BCUT2D eigenvalue weighted by Gasteiger charge is -2.32. The Bertz CT molecular complexity index is 120. The predicted molar refractivity (Wildman–Crippen MR) is 59.4 cm³/mol. The fourth-order valence-electron chi connectivity index (χ4n) is 1.63. The van der Waals surface area contributed by atoms with E-state index in [0.29, 0.717) is 19.3 Å². The molecular formula is C11H25NO2. The summed E-state index contributed by atoms with van der Waals surface area (Å²) in [4.78, 5) is 2.34. The van der Waals surface area contributed by atoms with Crippen molar-refractivity contribution in [3.8, 4) is 0 Å². The van der Waals surface area contributed by atoms with Crippen LogP contribution in [0.2, 0.25) is 0 Å². The van der Waals surface area contributed by atoms with Crippen LogP contribution in [0.4, 0.5) is 0 Å². The average Bonchev–Trinajstić information content (AvgIpc) is 2.19. The molecule has 14 heavy (non-hydrogen) atoms. The third-order valence-electron chi connectivity index (χ3n) is 2.44. The largest absolute Gasteiger partial charge is 0.351 e. The molecule has 0 rings (SSSR count). The molecule has 0 bridgehead atoms. The molecule has 0 N–H and O–H groups in total. The van der Waals surface area contributed by atoms with Gasteiger partial charge in [0.05, 0.1) is 6.04 Å². The summed E-state index contributed by atoms with van der Waals surface area (Å²) in [5, 5.41) is 0. The minimum absolute atomic E-state index is 0.0927. The highest BCUT2D eigenvalue weighted by Crippen LogP contribution is 2.09. The minimum Gasteiger partial charge on any atom is -0.351 e. The summed E-state index contributed by atoms with van der Waals surface area (Å²) in [5.74, 6) is 0. The first-order valence-corrected chi connectivity index (χ1v) is 5.68. The van der Waals surface area contributed by atoms with Gasteiger partial charge in [-0.25, -0.2) is 0 Å². The van der Waals surface area contributed by atoms with Crippen LogP contribution in [0, 0.1) is 0 Å². The second kappa shape index (κ2) is 8.21. The van der Waals surface area contributed by atoms with Crippen LogP contribution in [0.15, 0.2) is 0 Å². The molecule has 0 aliphatic rings. The molecule has 1 atom stereocenters. The summed E-state index contributed by atoms with van der Waals surface area (Å²) in [6, 6.07) is 0.324. The highest BCUT2D eigenvalue weighted by Gasteiger charge is 2.21. The summed E-state index contributed by atoms with van der Waals surface area (Å²) in [5.41, 5.74) is 0. The van der Waals surface area contributed by atoms with E-state index in [-0.39, 0.29) is 6.29 Å². The summed E-state index contributed by atoms with van der Waals surface area (Å²) in [6.07, 6.45) is -0.0927. The first-order chi connectivity index (χ1) is 6.71. The van der Waals surface area contributed by atoms with Gasteiger partial charge in [-0.05, 0) is 33.9 Å². The Labute approximate surface area is 88.4 Å². The Morgan fingerprint density at radius 2 is 1.36 bits per heavy atom. The van der Waals surface area contributed by atoms with Gasteiger partial charge >= 0.3 is 0 Å². The molecule has 0 aliphatic carbocycles. The van der Waals surface area contributed by atoms with Crippen molar-refractivity contribution in [3.63, 3.8) is 0 Å².